The molecule has 0 aliphatic carbocycles. The van der Waals surface area contributed by atoms with Crippen LogP contribution in [0.15, 0.2) is 0 Å². The molecule has 0 heterocycles. The van der Waals surface area contributed by atoms with Crippen molar-refractivity contribution < 1.29 is 18.0 Å². The van der Waals surface area contributed by atoms with Crippen LogP contribution >= 0.6 is 0 Å². The van der Waals surface area contributed by atoms with Crippen molar-refractivity contribution in [2.24, 2.45) is 0 Å². The lowest BCUT2D eigenvalue weighted by molar-refractivity contribution is 0.122. The summed E-state index contributed by atoms with van der Waals surface area (Å²) in [5.74, 6) is 0. The minimum atomic E-state index is -2.29. The molecule has 0 aliphatic rings. The first-order valence-electron chi connectivity index (χ1n) is 5.90. The van der Waals surface area contributed by atoms with E-state index in [-0.39, 0.29) is 4.70 Å². The molecule has 0 aromatic rings. The smallest absolute Gasteiger partial charge is 0.377 e. The number of rotatable bonds is 10. The van der Waals surface area contributed by atoms with E-state index in [2.05, 4.69) is 6.92 Å². The summed E-state index contributed by atoms with van der Waals surface area (Å²) in [6.45, 7) is 2.23. The van der Waals surface area contributed by atoms with Crippen molar-refractivity contribution in [1.82, 2.24) is 0 Å². The van der Waals surface area contributed by atoms with Gasteiger partial charge < -0.3 is 13.3 Å². The fourth-order valence-electron chi connectivity index (χ4n) is 1.68. The lowest BCUT2D eigenvalue weighted by Gasteiger charge is -2.24. The van der Waals surface area contributed by atoms with Gasteiger partial charge in [-0.1, -0.05) is 39.0 Å². The molecular formula is C11H27FO3Si. The van der Waals surface area contributed by atoms with Crippen LogP contribution in [-0.4, -0.2) is 30.1 Å². The summed E-state index contributed by atoms with van der Waals surface area (Å²) < 4.78 is 16.1. The highest BCUT2D eigenvalue weighted by atomic mass is 28.4. The molecule has 0 saturated heterocycles. The van der Waals surface area contributed by atoms with Crippen LogP contribution in [-0.2, 0) is 13.3 Å². The van der Waals surface area contributed by atoms with Crippen molar-refractivity contribution in [3.05, 3.63) is 0 Å². The van der Waals surface area contributed by atoms with E-state index >= 15 is 0 Å². The van der Waals surface area contributed by atoms with E-state index in [9.17, 15) is 0 Å². The minimum absolute atomic E-state index is 0. The first kappa shape index (κ1) is 18.4. The summed E-state index contributed by atoms with van der Waals surface area (Å²) >= 11 is 0. The van der Waals surface area contributed by atoms with Crippen molar-refractivity contribution in [3.63, 3.8) is 0 Å². The molecule has 0 unspecified atom stereocenters. The number of unbranched alkanes of at least 4 members (excludes halogenated alkanes) is 5. The summed E-state index contributed by atoms with van der Waals surface area (Å²) in [4.78, 5) is 0. The Balaban J connectivity index is 0. The maximum Gasteiger partial charge on any atom is 0.500 e. The molecule has 0 saturated carbocycles. The minimum Gasteiger partial charge on any atom is -0.377 e. The Morgan fingerprint density at radius 3 is 1.62 bits per heavy atom. The Bertz CT molecular complexity index is 135. The molecule has 0 radical (unpaired) electrons. The molecular weight excluding hydrogens is 227 g/mol. The van der Waals surface area contributed by atoms with Crippen molar-refractivity contribution in [1.29, 1.82) is 0 Å². The first-order chi connectivity index (χ1) is 7.24. The Labute approximate surface area is 100 Å². The third-order valence-electron chi connectivity index (χ3n) is 2.77. The Morgan fingerprint density at radius 1 is 0.750 bits per heavy atom. The van der Waals surface area contributed by atoms with E-state index in [1.807, 2.05) is 0 Å². The zero-order chi connectivity index (χ0) is 11.6. The fourth-order valence-corrected chi connectivity index (χ4v) is 3.47. The van der Waals surface area contributed by atoms with Crippen LogP contribution in [0.4, 0.5) is 4.70 Å². The summed E-state index contributed by atoms with van der Waals surface area (Å²) in [5.41, 5.74) is 0. The zero-order valence-electron chi connectivity index (χ0n) is 11.1. The lowest BCUT2D eigenvalue weighted by atomic mass is 10.1. The van der Waals surface area contributed by atoms with E-state index in [4.69, 9.17) is 13.3 Å². The Kier molecular flexibility index (Phi) is 13.2. The molecule has 0 bridgehead atoms. The van der Waals surface area contributed by atoms with Crippen LogP contribution in [0.1, 0.15) is 45.4 Å². The highest BCUT2D eigenvalue weighted by molar-refractivity contribution is 6.60. The van der Waals surface area contributed by atoms with E-state index < -0.39 is 8.80 Å². The maximum atomic E-state index is 5.36. The van der Waals surface area contributed by atoms with Gasteiger partial charge in [-0.15, -0.1) is 0 Å². The van der Waals surface area contributed by atoms with Crippen LogP contribution in [0.2, 0.25) is 6.04 Å². The molecule has 0 amide bonds. The topological polar surface area (TPSA) is 27.7 Å². The van der Waals surface area contributed by atoms with Gasteiger partial charge in [-0.2, -0.15) is 0 Å². The van der Waals surface area contributed by atoms with Crippen LogP contribution < -0.4 is 0 Å². The molecule has 5 heteroatoms. The quantitative estimate of drug-likeness (QED) is 0.442. The van der Waals surface area contributed by atoms with Crippen molar-refractivity contribution in [2.75, 3.05) is 21.3 Å². The molecule has 0 N–H and O–H groups in total. The van der Waals surface area contributed by atoms with Gasteiger partial charge in [0, 0.05) is 27.4 Å². The van der Waals surface area contributed by atoms with Crippen molar-refractivity contribution >= 4 is 8.80 Å². The Hall–Kier alpha value is 0.0269. The molecule has 0 aromatic heterocycles. The second-order valence-corrected chi connectivity index (χ2v) is 6.90. The average Bonchev–Trinajstić information content (AvgIpc) is 2.29. The number of hydrogen-bond donors (Lipinski definition) is 0. The molecule has 0 spiro atoms. The van der Waals surface area contributed by atoms with Gasteiger partial charge in [0.25, 0.3) is 0 Å². The van der Waals surface area contributed by atoms with E-state index in [0.29, 0.717) is 0 Å². The van der Waals surface area contributed by atoms with E-state index in [0.717, 1.165) is 12.5 Å². The maximum absolute atomic E-state index is 5.36. The molecule has 0 atom stereocenters. The van der Waals surface area contributed by atoms with Gasteiger partial charge in [-0.3, -0.25) is 4.70 Å². The zero-order valence-corrected chi connectivity index (χ0v) is 12.1. The number of halogens is 1. The molecule has 0 aromatic carbocycles. The highest BCUT2D eigenvalue weighted by Crippen LogP contribution is 2.17. The van der Waals surface area contributed by atoms with Crippen LogP contribution in [0.25, 0.3) is 0 Å². The standard InChI is InChI=1S/C11H26O3Si.FH/c1-5-6-7-8-9-10-11-15(12-2,13-3)14-4;/h5-11H2,1-4H3;1H. The van der Waals surface area contributed by atoms with Crippen LogP contribution in [0, 0.1) is 0 Å². The van der Waals surface area contributed by atoms with Gasteiger partial charge in [0.1, 0.15) is 0 Å². The molecule has 100 valence electrons. The molecule has 0 fully saturated rings. The monoisotopic (exact) mass is 254 g/mol. The molecule has 16 heavy (non-hydrogen) atoms. The predicted octanol–water partition coefficient (Wildman–Crippen LogP) is 3.38. The summed E-state index contributed by atoms with van der Waals surface area (Å²) in [6.07, 6.45) is 7.71. The number of hydrogen-bond acceptors (Lipinski definition) is 3. The Morgan fingerprint density at radius 2 is 1.19 bits per heavy atom. The summed E-state index contributed by atoms with van der Waals surface area (Å²) in [6, 6.07) is 0.933. The van der Waals surface area contributed by atoms with Gasteiger partial charge in [-0.25, -0.2) is 0 Å². The van der Waals surface area contributed by atoms with Gasteiger partial charge in [0.05, 0.1) is 0 Å². The van der Waals surface area contributed by atoms with Gasteiger partial charge in [-0.05, 0) is 6.42 Å². The summed E-state index contributed by atoms with van der Waals surface area (Å²) in [5, 5.41) is 0. The average molecular weight is 254 g/mol. The van der Waals surface area contributed by atoms with Crippen LogP contribution in [0.5, 0.6) is 0 Å². The second kappa shape index (κ2) is 11.5. The highest BCUT2D eigenvalue weighted by Gasteiger charge is 2.36. The third-order valence-corrected chi connectivity index (χ3v) is 5.60. The van der Waals surface area contributed by atoms with Crippen LogP contribution in [0.3, 0.4) is 0 Å². The van der Waals surface area contributed by atoms with Gasteiger partial charge in [0.15, 0.2) is 0 Å². The molecule has 0 rings (SSSR count). The summed E-state index contributed by atoms with van der Waals surface area (Å²) in [7, 11) is 2.74. The fraction of sp³-hybridized carbons (Fsp3) is 1.00. The van der Waals surface area contributed by atoms with Gasteiger partial charge >= 0.3 is 8.80 Å². The van der Waals surface area contributed by atoms with E-state index in [1.54, 1.807) is 21.3 Å². The van der Waals surface area contributed by atoms with Gasteiger partial charge in [0.2, 0.25) is 0 Å². The molecule has 0 aliphatic heterocycles. The van der Waals surface area contributed by atoms with E-state index in [1.165, 1.54) is 32.1 Å². The second-order valence-electron chi connectivity index (χ2n) is 3.81. The normalized spacial score (nSPS) is 11.2. The van der Waals surface area contributed by atoms with Crippen molar-refractivity contribution in [3.8, 4) is 0 Å². The third kappa shape index (κ3) is 7.32. The predicted molar refractivity (Wildman–Crippen MR) is 67.5 cm³/mol. The van der Waals surface area contributed by atoms with Crippen molar-refractivity contribution in [2.45, 2.75) is 51.5 Å². The largest absolute Gasteiger partial charge is 0.500 e. The molecule has 3 nitrogen and oxygen atoms in total. The first-order valence-corrected chi connectivity index (χ1v) is 7.83. The lowest BCUT2D eigenvalue weighted by Crippen LogP contribution is -2.42. The SMILES string of the molecule is CCCCCCCC[Si](OC)(OC)OC.F.